The molecule has 0 radical (unpaired) electrons. The number of methoxy groups -OCH3 is 1. The highest BCUT2D eigenvalue weighted by Gasteiger charge is 2.34. The second-order valence-electron chi connectivity index (χ2n) is 9.20. The maximum atomic E-state index is 12.8. The lowest BCUT2D eigenvalue weighted by atomic mass is 9.75. The van der Waals surface area contributed by atoms with Crippen molar-refractivity contribution in [2.24, 2.45) is 11.8 Å². The number of carboxylic acids is 1. The van der Waals surface area contributed by atoms with E-state index in [2.05, 4.69) is 34.9 Å². The Morgan fingerprint density at radius 3 is 2.14 bits per heavy atom. The van der Waals surface area contributed by atoms with Crippen molar-refractivity contribution in [3.8, 4) is 11.1 Å². The Morgan fingerprint density at radius 1 is 0.971 bits per heavy atom. The van der Waals surface area contributed by atoms with Crippen LogP contribution >= 0.6 is 0 Å². The van der Waals surface area contributed by atoms with Gasteiger partial charge in [0.05, 0.1) is 18.4 Å². The number of aliphatic carboxylic acids is 1. The third kappa shape index (κ3) is 5.82. The number of fused-ring (bicyclic) bond motifs is 3. The third-order valence-electron chi connectivity index (χ3n) is 7.11. The van der Waals surface area contributed by atoms with Crippen molar-refractivity contribution >= 4 is 18.0 Å². The maximum absolute atomic E-state index is 12.8. The van der Waals surface area contributed by atoms with Crippen molar-refractivity contribution in [2.45, 2.75) is 37.7 Å². The molecule has 8 nitrogen and oxygen atoms in total. The largest absolute Gasteiger partial charge is 0.481 e. The van der Waals surface area contributed by atoms with Crippen LogP contribution in [0.2, 0.25) is 0 Å². The van der Waals surface area contributed by atoms with Crippen LogP contribution in [0.15, 0.2) is 48.5 Å². The van der Waals surface area contributed by atoms with Gasteiger partial charge in [-0.1, -0.05) is 55.0 Å². The Bertz CT molecular complexity index is 1020. The summed E-state index contributed by atoms with van der Waals surface area (Å²) in [6, 6.07) is 16.3. The lowest BCUT2D eigenvalue weighted by Gasteiger charge is -2.33. The van der Waals surface area contributed by atoms with Crippen LogP contribution in [-0.2, 0) is 19.1 Å². The number of alkyl carbamates (subject to hydrolysis) is 1. The second-order valence-corrected chi connectivity index (χ2v) is 9.20. The number of rotatable bonds is 11. The van der Waals surface area contributed by atoms with E-state index in [9.17, 15) is 14.4 Å². The molecule has 186 valence electrons. The predicted molar refractivity (Wildman–Crippen MR) is 130 cm³/mol. The summed E-state index contributed by atoms with van der Waals surface area (Å²) in [4.78, 5) is 36.3. The van der Waals surface area contributed by atoms with E-state index < -0.39 is 24.1 Å². The highest BCUT2D eigenvalue weighted by atomic mass is 16.5. The molecule has 2 amide bonds. The normalized spacial score (nSPS) is 16.4. The topological polar surface area (TPSA) is 114 Å². The molecule has 2 atom stereocenters. The van der Waals surface area contributed by atoms with Crippen molar-refractivity contribution in [1.29, 1.82) is 0 Å². The molecule has 0 heterocycles. The number of carbonyl (C=O) groups excluding carboxylic acids is 2. The quantitative estimate of drug-likeness (QED) is 0.453. The number of hydrogen-bond donors (Lipinski definition) is 3. The van der Waals surface area contributed by atoms with Crippen LogP contribution in [0.4, 0.5) is 4.79 Å². The first kappa shape index (κ1) is 24.7. The SMILES string of the molecule is COC(CNC(=O)C(CNC(=O)OCC1c2ccccc2-c2ccccc21)C1CCC1)CC(=O)O. The predicted octanol–water partition coefficient (Wildman–Crippen LogP) is 3.55. The summed E-state index contributed by atoms with van der Waals surface area (Å²) in [5.41, 5.74) is 4.61. The minimum absolute atomic E-state index is 0.0286. The van der Waals surface area contributed by atoms with Crippen LogP contribution in [0.3, 0.4) is 0 Å². The van der Waals surface area contributed by atoms with E-state index in [0.717, 1.165) is 41.5 Å². The van der Waals surface area contributed by atoms with Crippen LogP contribution in [0.5, 0.6) is 0 Å². The lowest BCUT2D eigenvalue weighted by molar-refractivity contribution is -0.140. The van der Waals surface area contributed by atoms with Gasteiger partial charge in [-0.05, 0) is 41.0 Å². The average Bonchev–Trinajstić information content (AvgIpc) is 3.15. The summed E-state index contributed by atoms with van der Waals surface area (Å²) in [6.07, 6.45) is 1.56. The van der Waals surface area contributed by atoms with Crippen LogP contribution in [0.1, 0.15) is 42.7 Å². The van der Waals surface area contributed by atoms with Crippen molar-refractivity contribution in [3.05, 3.63) is 59.7 Å². The minimum atomic E-state index is -0.987. The molecule has 8 heteroatoms. The van der Waals surface area contributed by atoms with E-state index >= 15 is 0 Å². The molecule has 0 aromatic heterocycles. The molecule has 2 aliphatic rings. The molecule has 2 aliphatic carbocycles. The highest BCUT2D eigenvalue weighted by molar-refractivity contribution is 5.81. The number of ether oxygens (including phenoxy) is 2. The number of hydrogen-bond acceptors (Lipinski definition) is 5. The third-order valence-corrected chi connectivity index (χ3v) is 7.11. The molecule has 3 N–H and O–H groups in total. The van der Waals surface area contributed by atoms with Crippen LogP contribution < -0.4 is 10.6 Å². The monoisotopic (exact) mass is 480 g/mol. The summed E-state index contributed by atoms with van der Waals surface area (Å²) in [5.74, 6) is -1.44. The van der Waals surface area contributed by atoms with Gasteiger partial charge in [0.25, 0.3) is 0 Å². The Labute approximate surface area is 205 Å². The minimum Gasteiger partial charge on any atom is -0.481 e. The molecule has 1 fully saturated rings. The van der Waals surface area contributed by atoms with Gasteiger partial charge in [0.15, 0.2) is 0 Å². The Morgan fingerprint density at radius 2 is 1.60 bits per heavy atom. The Balaban J connectivity index is 1.31. The molecular formula is C27H32N2O6. The molecule has 0 aliphatic heterocycles. The van der Waals surface area contributed by atoms with Crippen LogP contribution in [-0.4, -0.2) is 56.0 Å². The summed E-state index contributed by atoms with van der Waals surface area (Å²) in [7, 11) is 1.42. The van der Waals surface area contributed by atoms with Gasteiger partial charge < -0.3 is 25.2 Å². The first-order valence-electron chi connectivity index (χ1n) is 12.1. The first-order valence-corrected chi connectivity index (χ1v) is 12.1. The fraction of sp³-hybridized carbons (Fsp3) is 0.444. The van der Waals surface area contributed by atoms with Gasteiger partial charge in [0, 0.05) is 26.1 Å². The van der Waals surface area contributed by atoms with Crippen LogP contribution in [0, 0.1) is 11.8 Å². The molecule has 2 unspecified atom stereocenters. The van der Waals surface area contributed by atoms with E-state index in [1.807, 2.05) is 24.3 Å². The fourth-order valence-electron chi connectivity index (χ4n) is 4.94. The van der Waals surface area contributed by atoms with Gasteiger partial charge in [-0.2, -0.15) is 0 Å². The molecular weight excluding hydrogens is 448 g/mol. The molecule has 35 heavy (non-hydrogen) atoms. The Hall–Kier alpha value is -3.39. The summed E-state index contributed by atoms with van der Waals surface area (Å²) in [6.45, 7) is 0.490. The van der Waals surface area contributed by atoms with Gasteiger partial charge >= 0.3 is 12.1 Å². The molecule has 2 aromatic carbocycles. The zero-order valence-corrected chi connectivity index (χ0v) is 19.9. The van der Waals surface area contributed by atoms with Crippen molar-refractivity contribution in [3.63, 3.8) is 0 Å². The van der Waals surface area contributed by atoms with Gasteiger partial charge in [-0.15, -0.1) is 0 Å². The van der Waals surface area contributed by atoms with Crippen molar-refractivity contribution in [1.82, 2.24) is 10.6 Å². The summed E-state index contributed by atoms with van der Waals surface area (Å²) < 4.78 is 10.7. The number of nitrogens with one attached hydrogen (secondary N) is 2. The molecule has 0 bridgehead atoms. The van der Waals surface area contributed by atoms with Crippen molar-refractivity contribution < 1.29 is 29.0 Å². The van der Waals surface area contributed by atoms with Gasteiger partial charge in [-0.25, -0.2) is 4.79 Å². The van der Waals surface area contributed by atoms with Gasteiger partial charge in [0.2, 0.25) is 5.91 Å². The lowest BCUT2D eigenvalue weighted by Crippen LogP contribution is -2.46. The van der Waals surface area contributed by atoms with E-state index in [0.29, 0.717) is 0 Å². The molecule has 1 saturated carbocycles. The number of benzene rings is 2. The zero-order chi connectivity index (χ0) is 24.8. The zero-order valence-electron chi connectivity index (χ0n) is 19.9. The fourth-order valence-corrected chi connectivity index (χ4v) is 4.94. The number of carboxylic acid groups (broad SMARTS) is 1. The van der Waals surface area contributed by atoms with Crippen LogP contribution in [0.25, 0.3) is 11.1 Å². The highest BCUT2D eigenvalue weighted by Crippen LogP contribution is 2.44. The van der Waals surface area contributed by atoms with Crippen molar-refractivity contribution in [2.75, 3.05) is 26.8 Å². The number of carbonyl (C=O) groups is 3. The smallest absolute Gasteiger partial charge is 0.407 e. The first-order chi connectivity index (χ1) is 17.0. The molecule has 4 rings (SSSR count). The van der Waals surface area contributed by atoms with Gasteiger partial charge in [0.1, 0.15) is 6.61 Å². The van der Waals surface area contributed by atoms with E-state index in [1.54, 1.807) is 0 Å². The van der Waals surface area contributed by atoms with E-state index in [4.69, 9.17) is 14.6 Å². The van der Waals surface area contributed by atoms with E-state index in [-0.39, 0.29) is 43.9 Å². The Kier molecular flexibility index (Phi) is 8.02. The number of amides is 2. The average molecular weight is 481 g/mol. The summed E-state index contributed by atoms with van der Waals surface area (Å²) >= 11 is 0. The second kappa shape index (κ2) is 11.4. The van der Waals surface area contributed by atoms with E-state index in [1.165, 1.54) is 7.11 Å². The molecule has 2 aromatic rings. The molecule has 0 saturated heterocycles. The summed E-state index contributed by atoms with van der Waals surface area (Å²) in [5, 5.41) is 14.5. The standard InChI is InChI=1S/C27H32N2O6/c1-34-18(13-25(30)31)14-28-26(32)23(17-7-6-8-17)15-29-27(33)35-16-24-21-11-4-2-9-19(21)20-10-3-5-12-22(20)24/h2-5,9-12,17-18,23-24H,6-8,13-16H2,1H3,(H,28,32)(H,29,33)(H,30,31). The van der Waals surface area contributed by atoms with Gasteiger partial charge in [-0.3, -0.25) is 9.59 Å². The maximum Gasteiger partial charge on any atom is 0.407 e. The molecule has 0 spiro atoms.